The van der Waals surface area contributed by atoms with Crippen molar-refractivity contribution in [1.82, 2.24) is 0 Å². The van der Waals surface area contributed by atoms with E-state index in [1.165, 1.54) is 0 Å². The lowest BCUT2D eigenvalue weighted by atomic mass is 10.1. The van der Waals surface area contributed by atoms with E-state index in [2.05, 4.69) is 42.5 Å². The second-order valence-corrected chi connectivity index (χ2v) is 4.98. The Hall–Kier alpha value is -2.93. The summed E-state index contributed by atoms with van der Waals surface area (Å²) in [4.78, 5) is 4.70. The van der Waals surface area contributed by atoms with E-state index in [1.54, 1.807) is 0 Å². The molecule has 0 aliphatic heterocycles. The molecule has 3 rings (SSSR count). The Bertz CT molecular complexity index is 757. The molecule has 0 heterocycles. The highest BCUT2D eigenvalue weighted by atomic mass is 14.7. The fourth-order valence-corrected chi connectivity index (χ4v) is 2.19. The first kappa shape index (κ1) is 14.0. The fraction of sp³-hybridized carbons (Fsp3) is 0. The summed E-state index contributed by atoms with van der Waals surface area (Å²) in [6.07, 6.45) is 4.01. The van der Waals surface area contributed by atoms with Crippen molar-refractivity contribution in [3.8, 4) is 0 Å². The summed E-state index contributed by atoms with van der Waals surface area (Å²) in [7, 11) is 0. The second kappa shape index (κ2) is 7.19. The van der Waals surface area contributed by atoms with Gasteiger partial charge in [0.1, 0.15) is 0 Å². The van der Waals surface area contributed by atoms with Crippen LogP contribution in [0.4, 0.5) is 0 Å². The number of hydrogen-bond donors (Lipinski definition) is 0. The van der Waals surface area contributed by atoms with E-state index in [1.807, 2.05) is 60.8 Å². The van der Waals surface area contributed by atoms with Crippen LogP contribution in [-0.4, -0.2) is 6.21 Å². The molecular weight excluding hydrogens is 266 g/mol. The third kappa shape index (κ3) is 3.80. The van der Waals surface area contributed by atoms with Crippen LogP contribution >= 0.6 is 0 Å². The molecule has 0 fully saturated rings. The maximum Gasteiger partial charge on any atom is 0.0708 e. The largest absolute Gasteiger partial charge is 0.256 e. The molecule has 0 amide bonds. The van der Waals surface area contributed by atoms with Gasteiger partial charge in [-0.25, -0.2) is 0 Å². The Morgan fingerprint density at radius 1 is 0.591 bits per heavy atom. The molecule has 1 heteroatoms. The van der Waals surface area contributed by atoms with Crippen molar-refractivity contribution in [2.45, 2.75) is 0 Å². The molecule has 22 heavy (non-hydrogen) atoms. The van der Waals surface area contributed by atoms with Gasteiger partial charge >= 0.3 is 0 Å². The number of hydrogen-bond acceptors (Lipinski definition) is 1. The van der Waals surface area contributed by atoms with Crippen LogP contribution in [-0.2, 0) is 0 Å². The van der Waals surface area contributed by atoms with Crippen LogP contribution in [0.25, 0.3) is 11.8 Å². The minimum Gasteiger partial charge on any atom is -0.256 e. The molecule has 106 valence electrons. The molecule has 0 saturated heterocycles. The van der Waals surface area contributed by atoms with Crippen LogP contribution in [0.3, 0.4) is 0 Å². The fourth-order valence-electron chi connectivity index (χ4n) is 2.19. The maximum absolute atomic E-state index is 4.70. The van der Waals surface area contributed by atoms with Crippen LogP contribution in [0.15, 0.2) is 96.0 Å². The summed E-state index contributed by atoms with van der Waals surface area (Å²) >= 11 is 0. The van der Waals surface area contributed by atoms with Crippen molar-refractivity contribution in [3.63, 3.8) is 0 Å². The van der Waals surface area contributed by atoms with E-state index in [0.29, 0.717) is 0 Å². The second-order valence-electron chi connectivity index (χ2n) is 4.98. The molecule has 3 aromatic rings. The highest BCUT2D eigenvalue weighted by Gasteiger charge is 1.99. The molecule has 0 aromatic heterocycles. The van der Waals surface area contributed by atoms with Gasteiger partial charge in [-0.05, 0) is 17.2 Å². The average molecular weight is 283 g/mol. The van der Waals surface area contributed by atoms with Gasteiger partial charge in [0.25, 0.3) is 0 Å². The van der Waals surface area contributed by atoms with E-state index >= 15 is 0 Å². The van der Waals surface area contributed by atoms with Crippen molar-refractivity contribution in [2.24, 2.45) is 4.99 Å². The van der Waals surface area contributed by atoms with Gasteiger partial charge < -0.3 is 0 Å². The first-order valence-electron chi connectivity index (χ1n) is 7.33. The lowest BCUT2D eigenvalue weighted by molar-refractivity contribution is 1.51. The summed E-state index contributed by atoms with van der Waals surface area (Å²) in [6.45, 7) is 0. The normalized spacial score (nSPS) is 11.7. The van der Waals surface area contributed by atoms with Crippen LogP contribution < -0.4 is 0 Å². The predicted molar refractivity (Wildman–Crippen MR) is 94.8 cm³/mol. The zero-order valence-corrected chi connectivity index (χ0v) is 12.3. The Morgan fingerprint density at radius 2 is 1.09 bits per heavy atom. The van der Waals surface area contributed by atoms with Crippen molar-refractivity contribution >= 4 is 18.0 Å². The number of rotatable bonds is 4. The number of nitrogens with zero attached hydrogens (tertiary/aromatic N) is 1. The SMILES string of the molecule is C(=N/C(=C\c1ccccc1)c1ccccc1)c1ccccc1. The first-order chi connectivity index (χ1) is 10.9. The van der Waals surface area contributed by atoms with Crippen molar-refractivity contribution in [3.05, 3.63) is 108 Å². The zero-order chi connectivity index (χ0) is 15.0. The van der Waals surface area contributed by atoms with E-state index in [4.69, 9.17) is 4.99 Å². The summed E-state index contributed by atoms with van der Waals surface area (Å²) in [5.41, 5.74) is 4.30. The van der Waals surface area contributed by atoms with Crippen molar-refractivity contribution < 1.29 is 0 Å². The van der Waals surface area contributed by atoms with Gasteiger partial charge in [-0.3, -0.25) is 4.99 Å². The van der Waals surface area contributed by atoms with Crippen LogP contribution in [0.1, 0.15) is 16.7 Å². The Balaban J connectivity index is 1.97. The van der Waals surface area contributed by atoms with Crippen molar-refractivity contribution in [1.29, 1.82) is 0 Å². The smallest absolute Gasteiger partial charge is 0.0708 e. The van der Waals surface area contributed by atoms with Gasteiger partial charge in [0.05, 0.1) is 5.70 Å². The quantitative estimate of drug-likeness (QED) is 0.455. The summed E-state index contributed by atoms with van der Waals surface area (Å²) in [6, 6.07) is 30.7. The van der Waals surface area contributed by atoms with Crippen LogP contribution in [0.2, 0.25) is 0 Å². The third-order valence-electron chi connectivity index (χ3n) is 3.32. The molecule has 0 saturated carbocycles. The zero-order valence-electron chi connectivity index (χ0n) is 12.3. The Kier molecular flexibility index (Phi) is 4.58. The van der Waals surface area contributed by atoms with Gasteiger partial charge in [-0.1, -0.05) is 91.0 Å². The Morgan fingerprint density at radius 3 is 1.68 bits per heavy atom. The van der Waals surface area contributed by atoms with E-state index in [9.17, 15) is 0 Å². The highest BCUT2D eigenvalue weighted by molar-refractivity contribution is 5.90. The first-order valence-corrected chi connectivity index (χ1v) is 7.33. The van der Waals surface area contributed by atoms with E-state index in [-0.39, 0.29) is 0 Å². The molecule has 0 aliphatic rings. The molecule has 3 aromatic carbocycles. The molecule has 0 aliphatic carbocycles. The monoisotopic (exact) mass is 283 g/mol. The van der Waals surface area contributed by atoms with Crippen LogP contribution in [0.5, 0.6) is 0 Å². The van der Waals surface area contributed by atoms with Gasteiger partial charge in [0, 0.05) is 11.8 Å². The number of aliphatic imine (C=N–C) groups is 1. The minimum atomic E-state index is 0.954. The number of benzene rings is 3. The minimum absolute atomic E-state index is 0.954. The molecule has 0 N–H and O–H groups in total. The molecule has 0 unspecified atom stereocenters. The molecule has 0 spiro atoms. The standard InChI is InChI=1S/C21H17N/c1-4-10-18(11-5-1)16-21(20-14-8-3-9-15-20)22-17-19-12-6-2-7-13-19/h1-17H/b21-16-,22-17?. The summed E-state index contributed by atoms with van der Waals surface area (Å²) in [5.74, 6) is 0. The molecular formula is C21H17N. The van der Waals surface area contributed by atoms with Gasteiger partial charge in [0.2, 0.25) is 0 Å². The molecule has 0 atom stereocenters. The average Bonchev–Trinajstić information content (AvgIpc) is 2.61. The van der Waals surface area contributed by atoms with E-state index < -0.39 is 0 Å². The molecule has 0 bridgehead atoms. The third-order valence-corrected chi connectivity index (χ3v) is 3.32. The summed E-state index contributed by atoms with van der Waals surface area (Å²) in [5, 5.41) is 0. The lowest BCUT2D eigenvalue weighted by Gasteiger charge is -2.03. The summed E-state index contributed by atoms with van der Waals surface area (Å²) < 4.78 is 0. The van der Waals surface area contributed by atoms with Gasteiger partial charge in [0.15, 0.2) is 0 Å². The van der Waals surface area contributed by atoms with E-state index in [0.717, 1.165) is 22.4 Å². The van der Waals surface area contributed by atoms with Crippen molar-refractivity contribution in [2.75, 3.05) is 0 Å². The lowest BCUT2D eigenvalue weighted by Crippen LogP contribution is -1.85. The predicted octanol–water partition coefficient (Wildman–Crippen LogP) is 5.30. The van der Waals surface area contributed by atoms with Gasteiger partial charge in [-0.15, -0.1) is 0 Å². The Labute approximate surface area is 131 Å². The van der Waals surface area contributed by atoms with Crippen LogP contribution in [0, 0.1) is 0 Å². The molecule has 0 radical (unpaired) electrons. The maximum atomic E-state index is 4.70. The topological polar surface area (TPSA) is 12.4 Å². The molecule has 1 nitrogen and oxygen atoms in total. The van der Waals surface area contributed by atoms with Gasteiger partial charge in [-0.2, -0.15) is 0 Å². The highest BCUT2D eigenvalue weighted by Crippen LogP contribution is 2.19.